The van der Waals surface area contributed by atoms with Crippen LogP contribution in [0.2, 0.25) is 0 Å². The van der Waals surface area contributed by atoms with Gasteiger partial charge < -0.3 is 4.74 Å². The minimum atomic E-state index is 0.191. The Bertz CT molecular complexity index is 384. The molecule has 1 fully saturated rings. The first-order valence-corrected chi connectivity index (χ1v) is 6.71. The Kier molecular flexibility index (Phi) is 4.87. The highest BCUT2D eigenvalue weighted by Gasteiger charge is 2.17. The lowest BCUT2D eigenvalue weighted by molar-refractivity contribution is -0.679. The van der Waals surface area contributed by atoms with E-state index >= 15 is 0 Å². The van der Waals surface area contributed by atoms with Crippen molar-refractivity contribution in [3.05, 3.63) is 23.1 Å². The third kappa shape index (κ3) is 3.38. The number of aromatic nitrogens is 2. The van der Waals surface area contributed by atoms with Gasteiger partial charge in [0.15, 0.2) is 13.3 Å². The lowest BCUT2D eigenvalue weighted by Crippen LogP contribution is -2.32. The molecule has 1 aliphatic carbocycles. The first kappa shape index (κ1) is 13.2. The van der Waals surface area contributed by atoms with Crippen LogP contribution in [0.15, 0.2) is 17.6 Å². The van der Waals surface area contributed by atoms with Gasteiger partial charge in [-0.2, -0.15) is 4.91 Å². The molecule has 0 atom stereocenters. The number of aryl methyl sites for hydroxylation is 1. The molecule has 1 aromatic rings. The minimum absolute atomic E-state index is 0.191. The van der Waals surface area contributed by atoms with E-state index in [9.17, 15) is 4.91 Å². The average Bonchev–Trinajstić information content (AvgIpc) is 2.73. The molecular weight excluding hydrogens is 230 g/mol. The van der Waals surface area contributed by atoms with Crippen LogP contribution in [0.4, 0.5) is 0 Å². The van der Waals surface area contributed by atoms with Crippen LogP contribution in [-0.4, -0.2) is 11.2 Å². The highest BCUT2D eigenvalue weighted by atomic mass is 16.5. The number of nitrogens with zero attached hydrogens (tertiary/aromatic N) is 3. The Balaban J connectivity index is 1.80. The molecule has 0 aliphatic heterocycles. The number of nitroso groups, excluding NO2 is 1. The number of imidazole rings is 1. The van der Waals surface area contributed by atoms with Crippen molar-refractivity contribution < 1.29 is 9.30 Å². The first-order chi connectivity index (χ1) is 8.81. The Labute approximate surface area is 108 Å². The van der Waals surface area contributed by atoms with Crippen molar-refractivity contribution in [2.45, 2.75) is 45.4 Å². The molecule has 1 saturated carbocycles. The fourth-order valence-electron chi connectivity index (χ4n) is 2.60. The van der Waals surface area contributed by atoms with E-state index in [-0.39, 0.29) is 6.54 Å². The molecule has 5 nitrogen and oxygen atoms in total. The zero-order valence-electron chi connectivity index (χ0n) is 11.0. The lowest BCUT2D eigenvalue weighted by atomic mass is 9.90. The summed E-state index contributed by atoms with van der Waals surface area (Å²) in [5, 5.41) is 2.95. The molecule has 0 amide bonds. The van der Waals surface area contributed by atoms with Crippen molar-refractivity contribution >= 4 is 0 Å². The molecule has 0 N–H and O–H groups in total. The highest BCUT2D eigenvalue weighted by molar-refractivity contribution is 4.82. The van der Waals surface area contributed by atoms with E-state index in [1.165, 1.54) is 32.1 Å². The molecule has 1 aliphatic rings. The topological polar surface area (TPSA) is 47.5 Å². The lowest BCUT2D eigenvalue weighted by Gasteiger charge is -2.20. The van der Waals surface area contributed by atoms with Gasteiger partial charge in [-0.3, -0.25) is 0 Å². The normalized spacial score (nSPS) is 16.9. The number of ether oxygens (including phenoxy) is 1. The second kappa shape index (κ2) is 6.64. The molecule has 0 bridgehead atoms. The molecule has 18 heavy (non-hydrogen) atoms. The van der Waals surface area contributed by atoms with Gasteiger partial charge in [0.25, 0.3) is 5.82 Å². The number of hydrogen-bond acceptors (Lipinski definition) is 3. The minimum Gasteiger partial charge on any atom is -0.341 e. The number of hydrogen-bond donors (Lipinski definition) is 0. The van der Waals surface area contributed by atoms with E-state index in [1.807, 2.05) is 28.6 Å². The van der Waals surface area contributed by atoms with Crippen LogP contribution in [0.25, 0.3) is 0 Å². The summed E-state index contributed by atoms with van der Waals surface area (Å²) in [5.74, 6) is 1.60. The second-order valence-corrected chi connectivity index (χ2v) is 5.09. The average molecular weight is 252 g/mol. The first-order valence-electron chi connectivity index (χ1n) is 6.71. The van der Waals surface area contributed by atoms with Gasteiger partial charge in [0.05, 0.1) is 13.7 Å². The molecule has 1 heterocycles. The molecule has 0 spiro atoms. The summed E-state index contributed by atoms with van der Waals surface area (Å²) in [7, 11) is 1.91. The number of rotatable bonds is 6. The fourth-order valence-corrected chi connectivity index (χ4v) is 2.60. The Morgan fingerprint density at radius 1 is 1.44 bits per heavy atom. The monoisotopic (exact) mass is 252 g/mol. The summed E-state index contributed by atoms with van der Waals surface area (Å²) in [4.78, 5) is 10.4. The van der Waals surface area contributed by atoms with Crippen LogP contribution in [-0.2, 0) is 25.1 Å². The van der Waals surface area contributed by atoms with Crippen LogP contribution < -0.4 is 4.57 Å². The molecule has 2 rings (SSSR count). The van der Waals surface area contributed by atoms with Gasteiger partial charge in [-0.25, -0.2) is 9.13 Å². The summed E-state index contributed by atoms with van der Waals surface area (Å²) in [5.41, 5.74) is 0. The van der Waals surface area contributed by atoms with Gasteiger partial charge in [0, 0.05) is 0 Å². The van der Waals surface area contributed by atoms with Crippen molar-refractivity contribution in [2.75, 3.05) is 6.61 Å². The van der Waals surface area contributed by atoms with Crippen molar-refractivity contribution in [3.8, 4) is 0 Å². The van der Waals surface area contributed by atoms with E-state index in [1.54, 1.807) is 0 Å². The Morgan fingerprint density at radius 3 is 2.94 bits per heavy atom. The molecular formula is C13H22N3O2+. The zero-order valence-corrected chi connectivity index (χ0v) is 11.0. The fraction of sp³-hybridized carbons (Fsp3) is 0.769. The maximum atomic E-state index is 10.4. The van der Waals surface area contributed by atoms with Crippen molar-refractivity contribution in [3.63, 3.8) is 0 Å². The largest absolute Gasteiger partial charge is 0.341 e. The van der Waals surface area contributed by atoms with E-state index < -0.39 is 0 Å². The van der Waals surface area contributed by atoms with Crippen LogP contribution in [0.5, 0.6) is 0 Å². The quantitative estimate of drug-likeness (QED) is 0.575. The van der Waals surface area contributed by atoms with Crippen LogP contribution in [0.1, 0.15) is 37.9 Å². The predicted molar refractivity (Wildman–Crippen MR) is 67.6 cm³/mol. The Morgan fingerprint density at radius 2 is 2.22 bits per heavy atom. The van der Waals surface area contributed by atoms with E-state index in [2.05, 4.69) is 5.18 Å². The van der Waals surface area contributed by atoms with Gasteiger partial charge in [-0.1, -0.05) is 24.4 Å². The smallest absolute Gasteiger partial charge is 0.283 e. The van der Waals surface area contributed by atoms with Crippen molar-refractivity contribution in [2.24, 2.45) is 18.1 Å². The van der Waals surface area contributed by atoms with Gasteiger partial charge >= 0.3 is 0 Å². The molecule has 0 unspecified atom stereocenters. The third-order valence-electron chi connectivity index (χ3n) is 3.72. The summed E-state index contributed by atoms with van der Waals surface area (Å²) in [6, 6.07) is 0. The van der Waals surface area contributed by atoms with Gasteiger partial charge in [-0.05, 0) is 18.8 Å². The summed E-state index contributed by atoms with van der Waals surface area (Å²) in [6.07, 6.45) is 10.5. The van der Waals surface area contributed by atoms with Gasteiger partial charge in [0.2, 0.25) is 0 Å². The Hall–Kier alpha value is -1.23. The second-order valence-electron chi connectivity index (χ2n) is 5.09. The third-order valence-corrected chi connectivity index (χ3v) is 3.72. The molecule has 100 valence electrons. The molecule has 0 saturated heterocycles. The maximum Gasteiger partial charge on any atom is 0.283 e. The summed E-state index contributed by atoms with van der Waals surface area (Å²) < 4.78 is 9.62. The predicted octanol–water partition coefficient (Wildman–Crippen LogP) is 2.13. The summed E-state index contributed by atoms with van der Waals surface area (Å²) >= 11 is 0. The summed E-state index contributed by atoms with van der Waals surface area (Å²) in [6.45, 7) is 1.54. The standard InChI is InChI=1S/C13H22N3O2/c1-15-7-8-16(13(15)9-14-17)11-18-10-12-5-3-2-4-6-12/h7-8,12H,2-6,9-11H2,1H3/q+1. The molecule has 5 heteroatoms. The maximum absolute atomic E-state index is 10.4. The van der Waals surface area contributed by atoms with E-state index in [0.717, 1.165) is 18.3 Å². The zero-order chi connectivity index (χ0) is 12.8. The van der Waals surface area contributed by atoms with Crippen molar-refractivity contribution in [1.29, 1.82) is 0 Å². The SMILES string of the molecule is C[n+]1ccn(COCC2CCCCC2)c1CN=O. The van der Waals surface area contributed by atoms with Gasteiger partial charge in [0.1, 0.15) is 12.4 Å². The van der Waals surface area contributed by atoms with Crippen LogP contribution in [0.3, 0.4) is 0 Å². The van der Waals surface area contributed by atoms with Crippen LogP contribution in [0, 0.1) is 10.8 Å². The molecule has 1 aromatic heterocycles. The van der Waals surface area contributed by atoms with E-state index in [0.29, 0.717) is 6.73 Å². The molecule has 0 aromatic carbocycles. The molecule has 0 radical (unpaired) electrons. The van der Waals surface area contributed by atoms with Crippen molar-refractivity contribution in [1.82, 2.24) is 4.57 Å². The van der Waals surface area contributed by atoms with Crippen LogP contribution >= 0.6 is 0 Å². The highest BCUT2D eigenvalue weighted by Crippen LogP contribution is 2.23. The van der Waals surface area contributed by atoms with E-state index in [4.69, 9.17) is 4.74 Å². The van der Waals surface area contributed by atoms with Gasteiger partial charge in [-0.15, -0.1) is 0 Å².